The van der Waals surface area contributed by atoms with Crippen LogP contribution in [0.2, 0.25) is 0 Å². The number of benzene rings is 1. The molecule has 0 spiro atoms. The van der Waals surface area contributed by atoms with Crippen LogP contribution in [-0.4, -0.2) is 11.5 Å². The molecule has 0 bridgehead atoms. The van der Waals surface area contributed by atoms with Crippen molar-refractivity contribution < 1.29 is 4.92 Å². The van der Waals surface area contributed by atoms with Crippen molar-refractivity contribution in [2.45, 2.75) is 32.6 Å². The molecule has 0 saturated carbocycles. The lowest BCUT2D eigenvalue weighted by atomic mass is 9.82. The number of rotatable bonds is 3. The maximum absolute atomic E-state index is 10.9. The smallest absolute Gasteiger partial charge is 0.272 e. The van der Waals surface area contributed by atoms with Gasteiger partial charge in [-0.3, -0.25) is 10.1 Å². The Hall–Kier alpha value is -1.42. The van der Waals surface area contributed by atoms with Crippen LogP contribution in [-0.2, 0) is 11.8 Å². The maximum Gasteiger partial charge on any atom is 0.272 e. The molecule has 4 heteroatoms. The molecular weight excluding hydrogens is 204 g/mol. The van der Waals surface area contributed by atoms with Crippen molar-refractivity contribution in [1.29, 1.82) is 0 Å². The standard InChI is InChI=1S/C12H18N2O2/c1-12(2,3)10-5-4-6-11(14(15)16)9(10)7-8-13/h4-6H,7-8,13H2,1-3H3. The number of nitro benzene ring substituents is 1. The Balaban J connectivity index is 3.38. The summed E-state index contributed by atoms with van der Waals surface area (Å²) in [5.74, 6) is 0. The van der Waals surface area contributed by atoms with E-state index in [0.717, 1.165) is 11.1 Å². The van der Waals surface area contributed by atoms with Gasteiger partial charge in [0.25, 0.3) is 5.69 Å². The zero-order valence-electron chi connectivity index (χ0n) is 9.99. The van der Waals surface area contributed by atoms with E-state index < -0.39 is 0 Å². The minimum Gasteiger partial charge on any atom is -0.330 e. The van der Waals surface area contributed by atoms with Gasteiger partial charge < -0.3 is 5.73 Å². The lowest BCUT2D eigenvalue weighted by Crippen LogP contribution is -2.17. The third-order valence-electron chi connectivity index (χ3n) is 2.55. The molecule has 0 unspecified atom stereocenters. The average Bonchev–Trinajstić information content (AvgIpc) is 2.16. The van der Waals surface area contributed by atoms with Crippen LogP contribution in [0.4, 0.5) is 5.69 Å². The molecule has 0 fully saturated rings. The van der Waals surface area contributed by atoms with Gasteiger partial charge in [0.1, 0.15) is 0 Å². The van der Waals surface area contributed by atoms with Crippen LogP contribution in [0.15, 0.2) is 18.2 Å². The average molecular weight is 222 g/mol. The van der Waals surface area contributed by atoms with Gasteiger partial charge in [0, 0.05) is 11.6 Å². The highest BCUT2D eigenvalue weighted by atomic mass is 16.6. The molecular formula is C12H18N2O2. The van der Waals surface area contributed by atoms with Gasteiger partial charge in [-0.2, -0.15) is 0 Å². The van der Waals surface area contributed by atoms with Gasteiger partial charge in [-0.15, -0.1) is 0 Å². The van der Waals surface area contributed by atoms with E-state index in [1.807, 2.05) is 26.8 Å². The minimum atomic E-state index is -0.333. The van der Waals surface area contributed by atoms with Crippen LogP contribution in [0.1, 0.15) is 31.9 Å². The number of hydrogen-bond donors (Lipinski definition) is 1. The monoisotopic (exact) mass is 222 g/mol. The third kappa shape index (κ3) is 2.58. The maximum atomic E-state index is 10.9. The number of hydrogen-bond acceptors (Lipinski definition) is 3. The molecule has 0 aliphatic rings. The van der Waals surface area contributed by atoms with Gasteiger partial charge in [-0.1, -0.05) is 32.9 Å². The molecule has 0 atom stereocenters. The summed E-state index contributed by atoms with van der Waals surface area (Å²) in [5.41, 5.74) is 7.37. The van der Waals surface area contributed by atoms with Crippen molar-refractivity contribution in [2.75, 3.05) is 6.54 Å². The molecule has 0 aliphatic heterocycles. The summed E-state index contributed by atoms with van der Waals surface area (Å²) in [5, 5.41) is 10.9. The predicted octanol–water partition coefficient (Wildman–Crippen LogP) is 2.39. The Morgan fingerprint density at radius 1 is 1.38 bits per heavy atom. The fraction of sp³-hybridized carbons (Fsp3) is 0.500. The number of nitro groups is 1. The van der Waals surface area contributed by atoms with Crippen LogP contribution in [0.3, 0.4) is 0 Å². The van der Waals surface area contributed by atoms with Crippen molar-refractivity contribution >= 4 is 5.69 Å². The number of nitrogens with zero attached hydrogens (tertiary/aromatic N) is 1. The first kappa shape index (κ1) is 12.6. The first-order valence-corrected chi connectivity index (χ1v) is 5.34. The molecule has 1 rings (SSSR count). The Labute approximate surface area is 95.6 Å². The van der Waals surface area contributed by atoms with Crippen LogP contribution in [0, 0.1) is 10.1 Å². The molecule has 0 radical (unpaired) electrons. The largest absolute Gasteiger partial charge is 0.330 e. The van der Waals surface area contributed by atoms with Crippen LogP contribution in [0.25, 0.3) is 0 Å². The molecule has 88 valence electrons. The fourth-order valence-corrected chi connectivity index (χ4v) is 1.86. The number of nitrogens with two attached hydrogens (primary N) is 1. The minimum absolute atomic E-state index is 0.101. The Morgan fingerprint density at radius 3 is 2.44 bits per heavy atom. The topological polar surface area (TPSA) is 69.2 Å². The zero-order valence-corrected chi connectivity index (χ0v) is 9.99. The summed E-state index contributed by atoms with van der Waals surface area (Å²) >= 11 is 0. The van der Waals surface area contributed by atoms with Crippen LogP contribution >= 0.6 is 0 Å². The highest BCUT2D eigenvalue weighted by molar-refractivity contribution is 5.48. The van der Waals surface area contributed by atoms with E-state index in [1.54, 1.807) is 12.1 Å². The van der Waals surface area contributed by atoms with Crippen molar-refractivity contribution in [3.63, 3.8) is 0 Å². The molecule has 1 aromatic carbocycles. The lowest BCUT2D eigenvalue weighted by molar-refractivity contribution is -0.385. The molecule has 1 aromatic rings. The summed E-state index contributed by atoms with van der Waals surface area (Å²) in [6, 6.07) is 5.22. The van der Waals surface area contributed by atoms with E-state index in [9.17, 15) is 10.1 Å². The summed E-state index contributed by atoms with van der Waals surface area (Å²) in [6.45, 7) is 6.57. The van der Waals surface area contributed by atoms with E-state index in [-0.39, 0.29) is 16.0 Å². The summed E-state index contributed by atoms with van der Waals surface area (Å²) in [4.78, 5) is 10.6. The van der Waals surface area contributed by atoms with Gasteiger partial charge in [-0.25, -0.2) is 0 Å². The first-order valence-electron chi connectivity index (χ1n) is 5.34. The van der Waals surface area contributed by atoms with Crippen molar-refractivity contribution in [1.82, 2.24) is 0 Å². The van der Waals surface area contributed by atoms with E-state index >= 15 is 0 Å². The van der Waals surface area contributed by atoms with E-state index in [0.29, 0.717) is 13.0 Å². The van der Waals surface area contributed by atoms with Gasteiger partial charge >= 0.3 is 0 Å². The normalized spacial score (nSPS) is 11.5. The zero-order chi connectivity index (χ0) is 12.3. The fourth-order valence-electron chi connectivity index (χ4n) is 1.86. The van der Waals surface area contributed by atoms with Gasteiger partial charge in [0.15, 0.2) is 0 Å². The van der Waals surface area contributed by atoms with Crippen molar-refractivity contribution in [2.24, 2.45) is 5.73 Å². The lowest BCUT2D eigenvalue weighted by Gasteiger charge is -2.22. The molecule has 2 N–H and O–H groups in total. The van der Waals surface area contributed by atoms with Crippen LogP contribution < -0.4 is 5.73 Å². The summed E-state index contributed by atoms with van der Waals surface area (Å²) < 4.78 is 0. The highest BCUT2D eigenvalue weighted by Crippen LogP contribution is 2.31. The van der Waals surface area contributed by atoms with Crippen molar-refractivity contribution in [3.8, 4) is 0 Å². The van der Waals surface area contributed by atoms with E-state index in [4.69, 9.17) is 5.73 Å². The second-order valence-electron chi connectivity index (χ2n) is 4.85. The summed E-state index contributed by atoms with van der Waals surface area (Å²) in [6.07, 6.45) is 0.545. The molecule has 0 saturated heterocycles. The first-order chi connectivity index (χ1) is 7.38. The van der Waals surface area contributed by atoms with Gasteiger partial charge in [0.2, 0.25) is 0 Å². The molecule has 16 heavy (non-hydrogen) atoms. The second-order valence-corrected chi connectivity index (χ2v) is 4.85. The quantitative estimate of drug-likeness (QED) is 0.630. The SMILES string of the molecule is CC(C)(C)c1cccc([N+](=O)[O-])c1CCN. The molecule has 4 nitrogen and oxygen atoms in total. The Morgan fingerprint density at radius 2 is 2.00 bits per heavy atom. The van der Waals surface area contributed by atoms with Gasteiger partial charge in [-0.05, 0) is 23.9 Å². The van der Waals surface area contributed by atoms with E-state index in [2.05, 4.69) is 0 Å². The predicted molar refractivity (Wildman–Crippen MR) is 64.6 cm³/mol. The van der Waals surface area contributed by atoms with Crippen LogP contribution in [0.5, 0.6) is 0 Å². The molecule has 0 aromatic heterocycles. The highest BCUT2D eigenvalue weighted by Gasteiger charge is 2.23. The molecule has 0 amide bonds. The van der Waals surface area contributed by atoms with Gasteiger partial charge in [0.05, 0.1) is 4.92 Å². The second kappa shape index (κ2) is 4.61. The Kier molecular flexibility index (Phi) is 3.65. The molecule has 0 aliphatic carbocycles. The third-order valence-corrected chi connectivity index (χ3v) is 2.55. The summed E-state index contributed by atoms with van der Waals surface area (Å²) in [7, 11) is 0. The van der Waals surface area contributed by atoms with E-state index in [1.165, 1.54) is 0 Å². The molecule has 0 heterocycles. The Bertz CT molecular complexity index is 394. The van der Waals surface area contributed by atoms with Crippen molar-refractivity contribution in [3.05, 3.63) is 39.4 Å².